The third kappa shape index (κ3) is 2.79. The van der Waals surface area contributed by atoms with Gasteiger partial charge in [0.25, 0.3) is 0 Å². The molecule has 0 saturated heterocycles. The van der Waals surface area contributed by atoms with Crippen LogP contribution >= 0.6 is 11.6 Å². The molecule has 18 heavy (non-hydrogen) atoms. The molecule has 4 heteroatoms. The fourth-order valence-corrected chi connectivity index (χ4v) is 2.10. The third-order valence-electron chi connectivity index (χ3n) is 2.95. The Morgan fingerprint density at radius 1 is 1.44 bits per heavy atom. The Bertz CT molecular complexity index is 596. The van der Waals surface area contributed by atoms with Crippen molar-refractivity contribution in [1.29, 1.82) is 0 Å². The fourth-order valence-electron chi connectivity index (χ4n) is 1.95. The van der Waals surface area contributed by atoms with E-state index in [0.717, 1.165) is 28.5 Å². The number of nitrogens with zero attached hydrogens (tertiary/aromatic N) is 1. The summed E-state index contributed by atoms with van der Waals surface area (Å²) in [5.41, 5.74) is 2.95. The fraction of sp³-hybridized carbons (Fsp3) is 0.286. The van der Waals surface area contributed by atoms with Crippen molar-refractivity contribution < 1.29 is 9.90 Å². The van der Waals surface area contributed by atoms with E-state index in [1.807, 2.05) is 25.1 Å². The molecule has 1 aromatic heterocycles. The molecule has 2 rings (SSSR count). The van der Waals surface area contributed by atoms with Crippen LogP contribution in [0.2, 0.25) is 5.02 Å². The van der Waals surface area contributed by atoms with E-state index in [2.05, 4.69) is 4.98 Å². The molecule has 0 amide bonds. The minimum Gasteiger partial charge on any atom is -0.481 e. The van der Waals surface area contributed by atoms with Gasteiger partial charge in [0.2, 0.25) is 0 Å². The van der Waals surface area contributed by atoms with Gasteiger partial charge in [-0.25, -0.2) is 0 Å². The van der Waals surface area contributed by atoms with Gasteiger partial charge in [0.15, 0.2) is 0 Å². The van der Waals surface area contributed by atoms with Crippen molar-refractivity contribution in [2.45, 2.75) is 26.2 Å². The lowest BCUT2D eigenvalue weighted by Gasteiger charge is -2.06. The summed E-state index contributed by atoms with van der Waals surface area (Å²) in [5.74, 6) is -0.758. The number of aromatic nitrogens is 1. The number of pyridine rings is 1. The predicted molar refractivity (Wildman–Crippen MR) is 72.1 cm³/mol. The van der Waals surface area contributed by atoms with Crippen LogP contribution in [0.4, 0.5) is 0 Å². The summed E-state index contributed by atoms with van der Waals surface area (Å²) in [7, 11) is 0. The summed E-state index contributed by atoms with van der Waals surface area (Å²) in [5, 5.41) is 10.4. The molecule has 0 bridgehead atoms. The van der Waals surface area contributed by atoms with Crippen LogP contribution in [0.5, 0.6) is 0 Å². The van der Waals surface area contributed by atoms with Gasteiger partial charge in [-0.15, -0.1) is 0 Å². The van der Waals surface area contributed by atoms with Gasteiger partial charge in [-0.05, 0) is 43.0 Å². The molecule has 1 aromatic carbocycles. The zero-order valence-electron chi connectivity index (χ0n) is 10.1. The maximum absolute atomic E-state index is 10.5. The number of carbonyl (C=O) groups is 1. The second-order valence-corrected chi connectivity index (χ2v) is 4.74. The topological polar surface area (TPSA) is 50.2 Å². The van der Waals surface area contributed by atoms with E-state index in [4.69, 9.17) is 16.7 Å². The van der Waals surface area contributed by atoms with Crippen molar-refractivity contribution in [3.05, 3.63) is 40.5 Å². The summed E-state index contributed by atoms with van der Waals surface area (Å²) in [6.07, 6.45) is 3.36. The number of benzene rings is 1. The molecule has 0 unspecified atom stereocenters. The summed E-state index contributed by atoms with van der Waals surface area (Å²) < 4.78 is 0. The molecule has 1 heterocycles. The van der Waals surface area contributed by atoms with E-state index in [0.29, 0.717) is 11.4 Å². The number of halogens is 1. The van der Waals surface area contributed by atoms with Crippen LogP contribution in [-0.2, 0) is 11.2 Å². The highest BCUT2D eigenvalue weighted by atomic mass is 35.5. The Kier molecular flexibility index (Phi) is 3.82. The van der Waals surface area contributed by atoms with E-state index in [1.54, 1.807) is 6.20 Å². The molecule has 1 N–H and O–H groups in total. The number of aliphatic carboxylic acids is 1. The normalized spacial score (nSPS) is 10.8. The zero-order valence-corrected chi connectivity index (χ0v) is 10.9. The maximum Gasteiger partial charge on any atom is 0.303 e. The van der Waals surface area contributed by atoms with Gasteiger partial charge < -0.3 is 5.11 Å². The number of carboxylic acids is 1. The summed E-state index contributed by atoms with van der Waals surface area (Å²) in [6, 6.07) is 5.85. The largest absolute Gasteiger partial charge is 0.481 e. The molecule has 2 aromatic rings. The predicted octanol–water partition coefficient (Wildman–Crippen LogP) is 3.60. The first kappa shape index (κ1) is 12.8. The highest BCUT2D eigenvalue weighted by Crippen LogP contribution is 2.24. The quantitative estimate of drug-likeness (QED) is 0.917. The molecule has 3 nitrogen and oxygen atoms in total. The number of hydrogen-bond donors (Lipinski definition) is 1. The molecule has 0 spiro atoms. The highest BCUT2D eigenvalue weighted by molar-refractivity contribution is 6.32. The molecular formula is C14H14ClNO2. The van der Waals surface area contributed by atoms with Crippen molar-refractivity contribution in [2.75, 3.05) is 0 Å². The highest BCUT2D eigenvalue weighted by Gasteiger charge is 2.05. The van der Waals surface area contributed by atoms with Crippen LogP contribution in [0.25, 0.3) is 10.9 Å². The van der Waals surface area contributed by atoms with E-state index in [9.17, 15) is 4.79 Å². The minimum absolute atomic E-state index is 0.192. The minimum atomic E-state index is -0.758. The summed E-state index contributed by atoms with van der Waals surface area (Å²) >= 11 is 6.04. The third-order valence-corrected chi connectivity index (χ3v) is 3.36. The van der Waals surface area contributed by atoms with Crippen LogP contribution < -0.4 is 0 Å². The SMILES string of the molecule is Cc1c(Cl)ccc2cc(CCCC(=O)O)cnc12. The van der Waals surface area contributed by atoms with Gasteiger partial charge >= 0.3 is 5.97 Å². The molecule has 0 aliphatic rings. The van der Waals surface area contributed by atoms with Crippen LogP contribution in [0.15, 0.2) is 24.4 Å². The second kappa shape index (κ2) is 5.36. The van der Waals surface area contributed by atoms with Crippen molar-refractivity contribution in [3.63, 3.8) is 0 Å². The smallest absolute Gasteiger partial charge is 0.303 e. The van der Waals surface area contributed by atoms with Crippen LogP contribution in [0.3, 0.4) is 0 Å². The van der Waals surface area contributed by atoms with E-state index in [-0.39, 0.29) is 6.42 Å². The molecular weight excluding hydrogens is 250 g/mol. The van der Waals surface area contributed by atoms with Gasteiger partial charge in [-0.1, -0.05) is 17.7 Å². The monoisotopic (exact) mass is 263 g/mol. The molecule has 94 valence electrons. The average Bonchev–Trinajstić information content (AvgIpc) is 2.33. The second-order valence-electron chi connectivity index (χ2n) is 4.33. The van der Waals surface area contributed by atoms with Gasteiger partial charge in [0.1, 0.15) is 0 Å². The van der Waals surface area contributed by atoms with Crippen molar-refractivity contribution >= 4 is 28.5 Å². The molecule has 0 fully saturated rings. The lowest BCUT2D eigenvalue weighted by atomic mass is 10.1. The Morgan fingerprint density at radius 2 is 2.22 bits per heavy atom. The molecule has 0 aliphatic heterocycles. The first-order chi connectivity index (χ1) is 8.58. The van der Waals surface area contributed by atoms with Gasteiger partial charge in [-0.3, -0.25) is 9.78 Å². The van der Waals surface area contributed by atoms with Gasteiger partial charge in [0, 0.05) is 23.0 Å². The summed E-state index contributed by atoms with van der Waals surface area (Å²) in [4.78, 5) is 14.9. The van der Waals surface area contributed by atoms with Crippen molar-refractivity contribution in [3.8, 4) is 0 Å². The molecule has 0 aliphatic carbocycles. The molecule has 0 radical (unpaired) electrons. The number of aryl methyl sites for hydroxylation is 2. The lowest BCUT2D eigenvalue weighted by Crippen LogP contribution is -1.96. The average molecular weight is 264 g/mol. The number of rotatable bonds is 4. The van der Waals surface area contributed by atoms with Crippen molar-refractivity contribution in [1.82, 2.24) is 4.98 Å². The Labute approximate surface area is 110 Å². The maximum atomic E-state index is 10.5. The van der Waals surface area contributed by atoms with Crippen molar-refractivity contribution in [2.24, 2.45) is 0 Å². The Balaban J connectivity index is 2.23. The van der Waals surface area contributed by atoms with Crippen LogP contribution in [0, 0.1) is 6.92 Å². The van der Waals surface area contributed by atoms with E-state index < -0.39 is 5.97 Å². The number of hydrogen-bond acceptors (Lipinski definition) is 2. The Morgan fingerprint density at radius 3 is 2.94 bits per heavy atom. The van der Waals surface area contributed by atoms with Gasteiger partial charge in [0.05, 0.1) is 5.52 Å². The molecule has 0 saturated carbocycles. The first-order valence-electron chi connectivity index (χ1n) is 5.83. The standard InChI is InChI=1S/C14H14ClNO2/c1-9-12(15)6-5-11-7-10(8-16-14(9)11)3-2-4-13(17)18/h5-8H,2-4H2,1H3,(H,17,18). The number of fused-ring (bicyclic) bond motifs is 1. The van der Waals surface area contributed by atoms with E-state index in [1.165, 1.54) is 0 Å². The zero-order chi connectivity index (χ0) is 13.1. The molecule has 0 atom stereocenters. The summed E-state index contributed by atoms with van der Waals surface area (Å²) in [6.45, 7) is 1.95. The first-order valence-corrected chi connectivity index (χ1v) is 6.21. The number of carboxylic acid groups (broad SMARTS) is 1. The van der Waals surface area contributed by atoms with Crippen LogP contribution in [-0.4, -0.2) is 16.1 Å². The van der Waals surface area contributed by atoms with Crippen LogP contribution in [0.1, 0.15) is 24.0 Å². The Hall–Kier alpha value is -1.61. The van der Waals surface area contributed by atoms with E-state index >= 15 is 0 Å². The van der Waals surface area contributed by atoms with Gasteiger partial charge in [-0.2, -0.15) is 0 Å². The lowest BCUT2D eigenvalue weighted by molar-refractivity contribution is -0.137.